The monoisotopic (exact) mass is 318 g/mol. The number of pyridine rings is 1. The second-order valence-corrected chi connectivity index (χ2v) is 6.18. The van der Waals surface area contributed by atoms with Gasteiger partial charge in [0, 0.05) is 31.7 Å². The summed E-state index contributed by atoms with van der Waals surface area (Å²) in [5.74, 6) is 0.757. The van der Waals surface area contributed by atoms with E-state index in [0.717, 1.165) is 32.4 Å². The smallest absolute Gasteiger partial charge is 0.244 e. The van der Waals surface area contributed by atoms with Crippen LogP contribution in [-0.2, 0) is 17.8 Å². The van der Waals surface area contributed by atoms with Crippen LogP contribution in [0.4, 0.5) is 0 Å². The van der Waals surface area contributed by atoms with Crippen molar-refractivity contribution in [3.8, 4) is 0 Å². The average Bonchev–Trinajstić information content (AvgIpc) is 2.94. The lowest BCUT2D eigenvalue weighted by molar-refractivity contribution is -0.133. The van der Waals surface area contributed by atoms with E-state index in [9.17, 15) is 4.79 Å². The van der Waals surface area contributed by atoms with Crippen LogP contribution in [-0.4, -0.2) is 38.7 Å². The Morgan fingerprint density at radius 2 is 2.00 bits per heavy atom. The molecule has 0 aromatic carbocycles. The molecule has 5 nitrogen and oxygen atoms in total. The zero-order chi connectivity index (χ0) is 15.4. The maximum atomic E-state index is 12.3. The number of halogens is 1. The molecule has 6 heteroatoms. The van der Waals surface area contributed by atoms with Crippen LogP contribution in [0.1, 0.15) is 18.4 Å². The summed E-state index contributed by atoms with van der Waals surface area (Å²) < 4.78 is 1.59. The molecule has 0 atom stereocenters. The molecule has 1 aliphatic heterocycles. The molecule has 1 fully saturated rings. The number of piperidine rings is 1. The van der Waals surface area contributed by atoms with Gasteiger partial charge < -0.3 is 4.90 Å². The number of hydrogen-bond donors (Lipinski definition) is 0. The summed E-state index contributed by atoms with van der Waals surface area (Å²) in [6, 6.07) is 4.14. The lowest BCUT2D eigenvalue weighted by Gasteiger charge is -2.32. The van der Waals surface area contributed by atoms with Crippen molar-refractivity contribution in [2.24, 2.45) is 5.92 Å². The molecule has 3 rings (SSSR count). The van der Waals surface area contributed by atoms with Gasteiger partial charge in [-0.15, -0.1) is 0 Å². The van der Waals surface area contributed by atoms with E-state index >= 15 is 0 Å². The lowest BCUT2D eigenvalue weighted by atomic mass is 9.90. The van der Waals surface area contributed by atoms with E-state index in [-0.39, 0.29) is 12.5 Å². The summed E-state index contributed by atoms with van der Waals surface area (Å²) in [5.41, 5.74) is 1.32. The van der Waals surface area contributed by atoms with Gasteiger partial charge in [-0.05, 0) is 42.9 Å². The zero-order valence-corrected chi connectivity index (χ0v) is 13.1. The highest BCUT2D eigenvalue weighted by Crippen LogP contribution is 2.21. The van der Waals surface area contributed by atoms with Gasteiger partial charge >= 0.3 is 0 Å². The van der Waals surface area contributed by atoms with Crippen LogP contribution in [0.25, 0.3) is 0 Å². The SMILES string of the molecule is O=C(Cn1cc(Cl)cn1)N1CCC(Cc2ccncc2)CC1. The zero-order valence-electron chi connectivity index (χ0n) is 12.4. The molecule has 0 aliphatic carbocycles. The summed E-state index contributed by atoms with van der Waals surface area (Å²) in [7, 11) is 0. The minimum atomic E-state index is 0.113. The quantitative estimate of drug-likeness (QED) is 0.870. The molecule has 1 amide bonds. The molecule has 0 bridgehead atoms. The molecule has 22 heavy (non-hydrogen) atoms. The molecular weight excluding hydrogens is 300 g/mol. The van der Waals surface area contributed by atoms with Gasteiger partial charge in [-0.2, -0.15) is 5.10 Å². The third kappa shape index (κ3) is 3.85. The molecule has 1 saturated heterocycles. The van der Waals surface area contributed by atoms with Crippen LogP contribution in [0.15, 0.2) is 36.9 Å². The van der Waals surface area contributed by atoms with Crippen molar-refractivity contribution in [1.29, 1.82) is 0 Å². The number of rotatable bonds is 4. The first kappa shape index (κ1) is 15.0. The van der Waals surface area contributed by atoms with E-state index in [2.05, 4.69) is 22.2 Å². The van der Waals surface area contributed by atoms with Crippen molar-refractivity contribution in [3.05, 3.63) is 47.5 Å². The Morgan fingerprint density at radius 3 is 2.64 bits per heavy atom. The van der Waals surface area contributed by atoms with E-state index < -0.39 is 0 Å². The second kappa shape index (κ2) is 6.92. The van der Waals surface area contributed by atoms with Crippen molar-refractivity contribution in [1.82, 2.24) is 19.7 Å². The minimum Gasteiger partial charge on any atom is -0.341 e. The number of likely N-dealkylation sites (tertiary alicyclic amines) is 1. The maximum Gasteiger partial charge on any atom is 0.244 e. The Morgan fingerprint density at radius 1 is 1.27 bits per heavy atom. The van der Waals surface area contributed by atoms with Gasteiger partial charge in [0.2, 0.25) is 5.91 Å². The van der Waals surface area contributed by atoms with Gasteiger partial charge in [0.1, 0.15) is 6.54 Å². The van der Waals surface area contributed by atoms with Crippen molar-refractivity contribution in [2.75, 3.05) is 13.1 Å². The Kier molecular flexibility index (Phi) is 4.73. The fourth-order valence-corrected chi connectivity index (χ4v) is 3.06. The Labute approximate surface area is 134 Å². The van der Waals surface area contributed by atoms with Gasteiger partial charge in [-0.3, -0.25) is 14.5 Å². The predicted octanol–water partition coefficient (Wildman–Crippen LogP) is 2.41. The molecule has 2 aromatic heterocycles. The van der Waals surface area contributed by atoms with E-state index in [1.807, 2.05) is 17.3 Å². The Bertz CT molecular complexity index is 620. The van der Waals surface area contributed by atoms with Crippen molar-refractivity contribution in [2.45, 2.75) is 25.8 Å². The molecule has 1 aliphatic rings. The molecular formula is C16H19ClN4O. The number of carbonyl (C=O) groups is 1. The standard InChI is InChI=1S/C16H19ClN4O/c17-15-10-19-21(11-15)12-16(22)20-7-3-14(4-8-20)9-13-1-5-18-6-2-13/h1-2,5-6,10-11,14H,3-4,7-9,12H2. The predicted molar refractivity (Wildman–Crippen MR) is 84.5 cm³/mol. The molecule has 2 aromatic rings. The first-order valence-electron chi connectivity index (χ1n) is 7.55. The summed E-state index contributed by atoms with van der Waals surface area (Å²) in [4.78, 5) is 18.2. The highest BCUT2D eigenvalue weighted by atomic mass is 35.5. The Hall–Kier alpha value is -1.88. The number of hydrogen-bond acceptors (Lipinski definition) is 3. The van der Waals surface area contributed by atoms with Gasteiger partial charge in [-0.25, -0.2) is 0 Å². The summed E-state index contributed by atoms with van der Waals surface area (Å²) in [5, 5.41) is 4.61. The topological polar surface area (TPSA) is 51.0 Å². The summed E-state index contributed by atoms with van der Waals surface area (Å²) in [6.45, 7) is 1.91. The maximum absolute atomic E-state index is 12.3. The van der Waals surface area contributed by atoms with Gasteiger partial charge in [0.05, 0.1) is 11.2 Å². The van der Waals surface area contributed by atoms with E-state index in [4.69, 9.17) is 11.6 Å². The fourth-order valence-electron chi connectivity index (χ4n) is 2.90. The normalized spacial score (nSPS) is 16.0. The fraction of sp³-hybridized carbons (Fsp3) is 0.438. The largest absolute Gasteiger partial charge is 0.341 e. The van der Waals surface area contributed by atoms with Gasteiger partial charge in [0.15, 0.2) is 0 Å². The summed E-state index contributed by atoms with van der Waals surface area (Å²) >= 11 is 5.81. The first-order valence-corrected chi connectivity index (χ1v) is 7.93. The van der Waals surface area contributed by atoms with Crippen LogP contribution >= 0.6 is 11.6 Å². The third-order valence-electron chi connectivity index (χ3n) is 4.14. The van der Waals surface area contributed by atoms with E-state index in [0.29, 0.717) is 10.9 Å². The molecule has 0 spiro atoms. The lowest BCUT2D eigenvalue weighted by Crippen LogP contribution is -2.40. The summed E-state index contributed by atoms with van der Waals surface area (Å²) in [6.07, 6.45) is 10.1. The van der Waals surface area contributed by atoms with Crippen molar-refractivity contribution < 1.29 is 4.79 Å². The highest BCUT2D eigenvalue weighted by molar-refractivity contribution is 6.30. The second-order valence-electron chi connectivity index (χ2n) is 5.74. The average molecular weight is 319 g/mol. The molecule has 0 radical (unpaired) electrons. The van der Waals surface area contributed by atoms with E-state index in [1.165, 1.54) is 5.56 Å². The van der Waals surface area contributed by atoms with Crippen LogP contribution in [0.3, 0.4) is 0 Å². The number of carbonyl (C=O) groups excluding carboxylic acids is 1. The molecule has 0 saturated carbocycles. The highest BCUT2D eigenvalue weighted by Gasteiger charge is 2.23. The van der Waals surface area contributed by atoms with Gasteiger partial charge in [0.25, 0.3) is 0 Å². The van der Waals surface area contributed by atoms with Crippen LogP contribution in [0.5, 0.6) is 0 Å². The van der Waals surface area contributed by atoms with Crippen molar-refractivity contribution >= 4 is 17.5 Å². The Balaban J connectivity index is 1.48. The first-order chi connectivity index (χ1) is 10.7. The number of amides is 1. The molecule has 116 valence electrons. The minimum absolute atomic E-state index is 0.113. The van der Waals surface area contributed by atoms with Gasteiger partial charge in [-0.1, -0.05) is 11.6 Å². The molecule has 0 N–H and O–H groups in total. The van der Waals surface area contributed by atoms with Crippen LogP contribution < -0.4 is 0 Å². The molecule has 3 heterocycles. The third-order valence-corrected chi connectivity index (χ3v) is 4.34. The van der Waals surface area contributed by atoms with Crippen LogP contribution in [0.2, 0.25) is 5.02 Å². The van der Waals surface area contributed by atoms with E-state index in [1.54, 1.807) is 17.1 Å². The van der Waals surface area contributed by atoms with Crippen LogP contribution in [0, 0.1) is 5.92 Å². The van der Waals surface area contributed by atoms with Crippen molar-refractivity contribution in [3.63, 3.8) is 0 Å². The number of nitrogens with zero attached hydrogens (tertiary/aromatic N) is 4. The molecule has 0 unspecified atom stereocenters. The number of aromatic nitrogens is 3.